The summed E-state index contributed by atoms with van der Waals surface area (Å²) >= 11 is 0. The maximum Gasteiger partial charge on any atom is 0.196 e. The second kappa shape index (κ2) is 8.31. The molecule has 0 bridgehead atoms. The number of carbonyl (C=O) groups is 1. The van der Waals surface area contributed by atoms with Crippen LogP contribution in [-0.2, 0) is 24.9 Å². The second-order valence-electron chi connectivity index (χ2n) is 9.18. The molecule has 0 amide bonds. The number of hydrogen-bond donors (Lipinski definition) is 1. The Morgan fingerprint density at radius 2 is 2.06 bits per heavy atom. The van der Waals surface area contributed by atoms with Crippen molar-refractivity contribution in [2.75, 3.05) is 33.8 Å². The molecule has 1 atom stereocenters. The maximum atomic E-state index is 13.4. The van der Waals surface area contributed by atoms with Gasteiger partial charge in [0.05, 0.1) is 12.2 Å². The number of carbonyl (C=O) groups excluding carboxylic acids is 1. The average Bonchev–Trinajstić information content (AvgIpc) is 3.44. The smallest absolute Gasteiger partial charge is 0.196 e. The molecule has 0 aliphatic carbocycles. The van der Waals surface area contributed by atoms with Gasteiger partial charge in [-0.25, -0.2) is 0 Å². The molecule has 1 N–H and O–H groups in total. The Morgan fingerprint density at radius 1 is 1.31 bits per heavy atom. The summed E-state index contributed by atoms with van der Waals surface area (Å²) in [6, 6.07) is 5.83. The first-order chi connectivity index (χ1) is 15.5. The monoisotopic (exact) mass is 434 g/mol. The molecule has 2 aliphatic rings. The molecule has 1 aromatic carbocycles. The van der Waals surface area contributed by atoms with Crippen LogP contribution in [0.3, 0.4) is 0 Å². The van der Waals surface area contributed by atoms with Gasteiger partial charge in [-0.1, -0.05) is 6.07 Å². The van der Waals surface area contributed by atoms with Gasteiger partial charge in [0.1, 0.15) is 11.9 Å². The van der Waals surface area contributed by atoms with Gasteiger partial charge in [0.25, 0.3) is 0 Å². The minimum absolute atomic E-state index is 0.0173. The van der Waals surface area contributed by atoms with E-state index in [4.69, 9.17) is 4.74 Å². The molecule has 2 fully saturated rings. The maximum absolute atomic E-state index is 13.4. The number of ether oxygens (including phenoxy) is 1. The van der Waals surface area contributed by atoms with Crippen molar-refractivity contribution in [2.45, 2.75) is 32.0 Å². The Balaban J connectivity index is 1.80. The van der Waals surface area contributed by atoms with E-state index in [2.05, 4.69) is 19.4 Å². The number of ketones is 1. The lowest BCUT2D eigenvalue weighted by Crippen LogP contribution is -2.20. The standard InChI is InChI=1S/C25H30N4O3/c1-27(2)14-20-23(25(31)21-15-32-21)22-18(13-29-9-4-5-10-29)24(30)17(11-19(22)28(20)3)16-7-6-8-26-12-16/h6-8,11-12,21,30H,4-5,9-10,13-15H2,1-3H3. The molecule has 2 saturated heterocycles. The number of hydrogen-bond acceptors (Lipinski definition) is 6. The van der Waals surface area contributed by atoms with Crippen LogP contribution < -0.4 is 0 Å². The van der Waals surface area contributed by atoms with E-state index < -0.39 is 0 Å². The number of phenols is 1. The number of nitrogens with zero attached hydrogens (tertiary/aromatic N) is 4. The Kier molecular flexibility index (Phi) is 5.49. The summed E-state index contributed by atoms with van der Waals surface area (Å²) in [5, 5.41) is 12.4. The van der Waals surface area contributed by atoms with Crippen LogP contribution in [0.15, 0.2) is 30.6 Å². The Labute approximate surface area is 188 Å². The molecular weight excluding hydrogens is 404 g/mol. The molecule has 168 valence electrons. The van der Waals surface area contributed by atoms with Gasteiger partial charge in [0.15, 0.2) is 5.78 Å². The number of benzene rings is 1. The average molecular weight is 435 g/mol. The molecule has 0 spiro atoms. The van der Waals surface area contributed by atoms with Crippen molar-refractivity contribution in [3.8, 4) is 16.9 Å². The molecule has 2 aromatic heterocycles. The SMILES string of the molecule is CN(C)Cc1c(C(=O)C2CO2)c2c(CN3CCCC3)c(O)c(-c3cccnc3)cc2n1C. The first-order valence-corrected chi connectivity index (χ1v) is 11.2. The lowest BCUT2D eigenvalue weighted by atomic mass is 9.94. The molecule has 2 aliphatic heterocycles. The zero-order valence-electron chi connectivity index (χ0n) is 19.0. The topological polar surface area (TPSA) is 74.1 Å². The molecule has 0 saturated carbocycles. The second-order valence-corrected chi connectivity index (χ2v) is 9.18. The fourth-order valence-electron chi connectivity index (χ4n) is 4.88. The van der Waals surface area contributed by atoms with E-state index in [-0.39, 0.29) is 17.6 Å². The lowest BCUT2D eigenvalue weighted by Gasteiger charge is -2.19. The summed E-state index contributed by atoms with van der Waals surface area (Å²) in [6.45, 7) is 3.73. The van der Waals surface area contributed by atoms with Gasteiger partial charge in [-0.15, -0.1) is 0 Å². The zero-order chi connectivity index (χ0) is 22.4. The summed E-state index contributed by atoms with van der Waals surface area (Å²) < 4.78 is 7.49. The third-order valence-corrected chi connectivity index (χ3v) is 6.58. The summed E-state index contributed by atoms with van der Waals surface area (Å²) in [7, 11) is 6.02. The van der Waals surface area contributed by atoms with Gasteiger partial charge >= 0.3 is 0 Å². The van der Waals surface area contributed by atoms with Crippen LogP contribution in [0.4, 0.5) is 0 Å². The van der Waals surface area contributed by atoms with Gasteiger partial charge < -0.3 is 19.3 Å². The van der Waals surface area contributed by atoms with Gasteiger partial charge in [-0.3, -0.25) is 14.7 Å². The number of likely N-dealkylation sites (tertiary alicyclic amines) is 1. The van der Waals surface area contributed by atoms with Crippen LogP contribution in [-0.4, -0.2) is 70.1 Å². The molecule has 0 radical (unpaired) electrons. The van der Waals surface area contributed by atoms with Gasteiger partial charge in [0, 0.05) is 65.8 Å². The number of epoxide rings is 1. The molecule has 1 unspecified atom stereocenters. The zero-order valence-corrected chi connectivity index (χ0v) is 19.0. The van der Waals surface area contributed by atoms with Crippen molar-refractivity contribution < 1.29 is 14.6 Å². The van der Waals surface area contributed by atoms with E-state index in [9.17, 15) is 9.90 Å². The highest BCUT2D eigenvalue weighted by atomic mass is 16.6. The lowest BCUT2D eigenvalue weighted by molar-refractivity contribution is 0.0953. The van der Waals surface area contributed by atoms with Crippen molar-refractivity contribution in [1.82, 2.24) is 19.4 Å². The Bertz CT molecular complexity index is 1160. The van der Waals surface area contributed by atoms with Crippen LogP contribution >= 0.6 is 0 Å². The van der Waals surface area contributed by atoms with E-state index in [0.29, 0.717) is 25.3 Å². The largest absolute Gasteiger partial charge is 0.507 e. The molecule has 3 aromatic rings. The van der Waals surface area contributed by atoms with Crippen LogP contribution in [0.2, 0.25) is 0 Å². The number of pyridine rings is 1. The summed E-state index contributed by atoms with van der Waals surface area (Å²) in [4.78, 5) is 22.1. The van der Waals surface area contributed by atoms with Crippen LogP contribution in [0.1, 0.15) is 34.5 Å². The van der Waals surface area contributed by atoms with Gasteiger partial charge in [-0.2, -0.15) is 0 Å². The van der Waals surface area contributed by atoms with Crippen molar-refractivity contribution in [1.29, 1.82) is 0 Å². The van der Waals surface area contributed by atoms with Crippen LogP contribution in [0, 0.1) is 0 Å². The number of aromatic hydroxyl groups is 1. The number of aryl methyl sites for hydroxylation is 1. The van der Waals surface area contributed by atoms with Crippen molar-refractivity contribution >= 4 is 16.7 Å². The molecule has 32 heavy (non-hydrogen) atoms. The predicted octanol–water partition coefficient (Wildman–Crippen LogP) is 3.18. The highest BCUT2D eigenvalue weighted by Gasteiger charge is 2.37. The number of aromatic nitrogens is 2. The summed E-state index contributed by atoms with van der Waals surface area (Å²) in [5.41, 5.74) is 5.04. The molecule has 4 heterocycles. The molecular formula is C25H30N4O3. The normalized spacial score (nSPS) is 18.7. The minimum Gasteiger partial charge on any atom is -0.507 e. The van der Waals surface area contributed by atoms with Crippen molar-refractivity contribution in [3.05, 3.63) is 47.4 Å². The van der Waals surface area contributed by atoms with Crippen molar-refractivity contribution in [3.63, 3.8) is 0 Å². The minimum atomic E-state index is -0.374. The quantitative estimate of drug-likeness (QED) is 0.455. The van der Waals surface area contributed by atoms with Gasteiger partial charge in [-0.05, 0) is 52.2 Å². The summed E-state index contributed by atoms with van der Waals surface area (Å²) in [5.74, 6) is 0.258. The number of rotatable bonds is 7. The number of fused-ring (bicyclic) bond motifs is 1. The fourth-order valence-corrected chi connectivity index (χ4v) is 4.88. The Hall–Kier alpha value is -2.74. The van der Waals surface area contributed by atoms with E-state index in [1.165, 1.54) is 0 Å². The predicted molar refractivity (Wildman–Crippen MR) is 124 cm³/mol. The first kappa shape index (κ1) is 21.1. The molecule has 5 rings (SSSR count). The third-order valence-electron chi connectivity index (χ3n) is 6.58. The Morgan fingerprint density at radius 3 is 2.69 bits per heavy atom. The molecule has 7 heteroatoms. The number of phenolic OH excluding ortho intramolecular Hbond substituents is 1. The van der Waals surface area contributed by atoms with Crippen LogP contribution in [0.5, 0.6) is 5.75 Å². The highest BCUT2D eigenvalue weighted by molar-refractivity contribution is 6.14. The van der Waals surface area contributed by atoms with Crippen molar-refractivity contribution in [2.24, 2.45) is 7.05 Å². The fraction of sp³-hybridized carbons (Fsp3) is 0.440. The van der Waals surface area contributed by atoms with E-state index in [1.807, 2.05) is 39.3 Å². The first-order valence-electron chi connectivity index (χ1n) is 11.2. The molecule has 7 nitrogen and oxygen atoms in total. The van der Waals surface area contributed by atoms with E-state index in [1.54, 1.807) is 12.4 Å². The highest BCUT2D eigenvalue weighted by Crippen LogP contribution is 2.42. The van der Waals surface area contributed by atoms with E-state index in [0.717, 1.165) is 59.2 Å². The van der Waals surface area contributed by atoms with E-state index >= 15 is 0 Å². The number of Topliss-reactive ketones (excluding diaryl/α,β-unsaturated/α-hetero) is 1. The summed E-state index contributed by atoms with van der Waals surface area (Å²) in [6.07, 6.45) is 5.45. The van der Waals surface area contributed by atoms with Crippen LogP contribution in [0.25, 0.3) is 22.0 Å². The third kappa shape index (κ3) is 3.70. The van der Waals surface area contributed by atoms with Gasteiger partial charge in [0.2, 0.25) is 0 Å².